The lowest BCUT2D eigenvalue weighted by Crippen LogP contribution is -2.45. The lowest BCUT2D eigenvalue weighted by Gasteiger charge is -2.37. The summed E-state index contributed by atoms with van der Waals surface area (Å²) in [6.45, 7) is 5.23. The molecular formula is C13H18N6. The fourth-order valence-electron chi connectivity index (χ4n) is 3.46. The number of hydrogen-bond acceptors (Lipinski definition) is 5. The van der Waals surface area contributed by atoms with Crippen LogP contribution in [0.25, 0.3) is 5.65 Å². The van der Waals surface area contributed by atoms with Crippen molar-refractivity contribution in [2.45, 2.75) is 25.8 Å². The first kappa shape index (κ1) is 11.2. The van der Waals surface area contributed by atoms with Crippen LogP contribution in [0.3, 0.4) is 0 Å². The number of nitrogens with one attached hydrogen (secondary N) is 1. The van der Waals surface area contributed by atoms with Gasteiger partial charge in [0.25, 0.3) is 0 Å². The van der Waals surface area contributed by atoms with E-state index in [9.17, 15) is 0 Å². The third kappa shape index (κ3) is 1.63. The van der Waals surface area contributed by atoms with Gasteiger partial charge in [0.05, 0.1) is 0 Å². The van der Waals surface area contributed by atoms with E-state index in [1.165, 1.54) is 12.8 Å². The minimum Gasteiger partial charge on any atom is -0.349 e. The molecule has 19 heavy (non-hydrogen) atoms. The van der Waals surface area contributed by atoms with Crippen LogP contribution in [-0.2, 0) is 0 Å². The van der Waals surface area contributed by atoms with Crippen molar-refractivity contribution < 1.29 is 0 Å². The zero-order valence-electron chi connectivity index (χ0n) is 11.1. The topological polar surface area (TPSA) is 58.4 Å². The molecule has 2 aromatic rings. The van der Waals surface area contributed by atoms with Gasteiger partial charge in [0.15, 0.2) is 5.82 Å². The number of rotatable bonds is 1. The Morgan fingerprint density at radius 3 is 3.21 bits per heavy atom. The first-order valence-corrected chi connectivity index (χ1v) is 6.98. The van der Waals surface area contributed by atoms with E-state index in [-0.39, 0.29) is 0 Å². The summed E-state index contributed by atoms with van der Waals surface area (Å²) in [6, 6.07) is 0.560. The quantitative estimate of drug-likeness (QED) is 0.812. The second-order valence-corrected chi connectivity index (χ2v) is 5.51. The molecular weight excluding hydrogens is 240 g/mol. The molecule has 4 heterocycles. The van der Waals surface area contributed by atoms with Gasteiger partial charge in [-0.25, -0.2) is 4.98 Å². The molecule has 0 spiro atoms. The van der Waals surface area contributed by atoms with E-state index in [1.54, 1.807) is 0 Å². The standard InChI is InChI=1S/C13H18N6/c1-9-16-17-13-12(15-4-6-18(9)13)19-5-2-3-10-7-14-8-11(10)19/h4,6,10-11,14H,2-3,5,7-8H2,1H3. The van der Waals surface area contributed by atoms with Gasteiger partial charge in [0.1, 0.15) is 5.82 Å². The summed E-state index contributed by atoms with van der Waals surface area (Å²) in [5.74, 6) is 2.65. The Morgan fingerprint density at radius 1 is 1.32 bits per heavy atom. The Bertz CT molecular complexity index is 606. The van der Waals surface area contributed by atoms with Crippen LogP contribution in [0.1, 0.15) is 18.7 Å². The van der Waals surface area contributed by atoms with Crippen LogP contribution in [0.5, 0.6) is 0 Å². The molecule has 2 aliphatic heterocycles. The van der Waals surface area contributed by atoms with Gasteiger partial charge < -0.3 is 10.2 Å². The monoisotopic (exact) mass is 258 g/mol. The lowest BCUT2D eigenvalue weighted by molar-refractivity contribution is 0.383. The number of piperidine rings is 1. The molecule has 100 valence electrons. The lowest BCUT2D eigenvalue weighted by atomic mass is 9.92. The fraction of sp³-hybridized carbons (Fsp3) is 0.615. The fourth-order valence-corrected chi connectivity index (χ4v) is 3.46. The van der Waals surface area contributed by atoms with Gasteiger partial charge in [-0.05, 0) is 25.7 Å². The van der Waals surface area contributed by atoms with Crippen molar-refractivity contribution in [2.75, 3.05) is 24.5 Å². The molecule has 4 rings (SSSR count). The van der Waals surface area contributed by atoms with Crippen LogP contribution in [0, 0.1) is 12.8 Å². The molecule has 6 nitrogen and oxygen atoms in total. The molecule has 2 saturated heterocycles. The molecule has 0 aromatic carbocycles. The molecule has 0 amide bonds. The maximum Gasteiger partial charge on any atom is 0.203 e. The first-order valence-electron chi connectivity index (χ1n) is 6.98. The van der Waals surface area contributed by atoms with Crippen molar-refractivity contribution in [1.29, 1.82) is 0 Å². The minimum absolute atomic E-state index is 0.560. The number of nitrogens with zero attached hydrogens (tertiary/aromatic N) is 5. The van der Waals surface area contributed by atoms with Crippen molar-refractivity contribution >= 4 is 11.5 Å². The van der Waals surface area contributed by atoms with Gasteiger partial charge >= 0.3 is 0 Å². The van der Waals surface area contributed by atoms with Crippen molar-refractivity contribution in [2.24, 2.45) is 5.92 Å². The number of fused-ring (bicyclic) bond motifs is 2. The summed E-state index contributed by atoms with van der Waals surface area (Å²) in [5.41, 5.74) is 0.882. The highest BCUT2D eigenvalue weighted by Crippen LogP contribution is 2.31. The van der Waals surface area contributed by atoms with Crippen molar-refractivity contribution in [3.63, 3.8) is 0 Å². The van der Waals surface area contributed by atoms with Crippen LogP contribution in [0.4, 0.5) is 5.82 Å². The SMILES string of the molecule is Cc1nnc2c(N3CCCC4CNCC43)nccn12. The summed E-state index contributed by atoms with van der Waals surface area (Å²) in [4.78, 5) is 7.01. The van der Waals surface area contributed by atoms with E-state index in [1.807, 2.05) is 23.7 Å². The number of anilines is 1. The predicted octanol–water partition coefficient (Wildman–Crippen LogP) is 0.621. The summed E-state index contributed by atoms with van der Waals surface area (Å²) < 4.78 is 2.02. The van der Waals surface area contributed by atoms with Gasteiger partial charge in [-0.3, -0.25) is 4.40 Å². The van der Waals surface area contributed by atoms with Crippen LogP contribution < -0.4 is 10.2 Å². The maximum atomic E-state index is 4.58. The Kier molecular flexibility index (Phi) is 2.44. The molecule has 2 aliphatic rings. The van der Waals surface area contributed by atoms with E-state index < -0.39 is 0 Å². The molecule has 0 radical (unpaired) electrons. The Labute approximate surface area is 111 Å². The molecule has 2 aromatic heterocycles. The van der Waals surface area contributed by atoms with Gasteiger partial charge in [0.2, 0.25) is 5.65 Å². The molecule has 2 unspecified atom stereocenters. The molecule has 2 atom stereocenters. The average Bonchev–Trinajstić information content (AvgIpc) is 3.05. The second kappa shape index (κ2) is 4.16. The van der Waals surface area contributed by atoms with Gasteiger partial charge in [-0.2, -0.15) is 0 Å². The van der Waals surface area contributed by atoms with Crippen molar-refractivity contribution in [3.05, 3.63) is 18.2 Å². The van der Waals surface area contributed by atoms with Crippen LogP contribution in [-0.4, -0.2) is 45.3 Å². The zero-order chi connectivity index (χ0) is 12.8. The van der Waals surface area contributed by atoms with Crippen LogP contribution >= 0.6 is 0 Å². The van der Waals surface area contributed by atoms with Crippen LogP contribution in [0.2, 0.25) is 0 Å². The van der Waals surface area contributed by atoms with E-state index in [2.05, 4.69) is 25.4 Å². The van der Waals surface area contributed by atoms with E-state index in [4.69, 9.17) is 0 Å². The Morgan fingerprint density at radius 2 is 2.26 bits per heavy atom. The molecule has 1 N–H and O–H groups in total. The molecule has 0 aliphatic carbocycles. The minimum atomic E-state index is 0.560. The average molecular weight is 258 g/mol. The summed E-state index contributed by atoms with van der Waals surface area (Å²) >= 11 is 0. The zero-order valence-corrected chi connectivity index (χ0v) is 11.1. The summed E-state index contributed by atoms with van der Waals surface area (Å²) in [6.07, 6.45) is 6.34. The van der Waals surface area contributed by atoms with Gasteiger partial charge in [-0.1, -0.05) is 0 Å². The van der Waals surface area contributed by atoms with Crippen molar-refractivity contribution in [3.8, 4) is 0 Å². The van der Waals surface area contributed by atoms with Gasteiger partial charge in [-0.15, -0.1) is 10.2 Å². The largest absolute Gasteiger partial charge is 0.349 e. The summed E-state index contributed by atoms with van der Waals surface area (Å²) in [5, 5.41) is 12.0. The molecule has 0 saturated carbocycles. The highest BCUT2D eigenvalue weighted by Gasteiger charge is 2.36. The predicted molar refractivity (Wildman–Crippen MR) is 72.2 cm³/mol. The van der Waals surface area contributed by atoms with Crippen LogP contribution in [0.15, 0.2) is 12.4 Å². The number of hydrogen-bond donors (Lipinski definition) is 1. The first-order chi connectivity index (χ1) is 9.34. The van der Waals surface area contributed by atoms with E-state index in [0.717, 1.165) is 42.8 Å². The number of aryl methyl sites for hydroxylation is 1. The normalized spacial score (nSPS) is 26.9. The highest BCUT2D eigenvalue weighted by atomic mass is 15.3. The highest BCUT2D eigenvalue weighted by molar-refractivity contribution is 5.64. The maximum absolute atomic E-state index is 4.58. The Balaban J connectivity index is 1.81. The van der Waals surface area contributed by atoms with Crippen molar-refractivity contribution in [1.82, 2.24) is 24.9 Å². The number of aromatic nitrogens is 4. The smallest absolute Gasteiger partial charge is 0.203 e. The van der Waals surface area contributed by atoms with Gasteiger partial charge in [0, 0.05) is 38.1 Å². The van der Waals surface area contributed by atoms with E-state index in [0.29, 0.717) is 6.04 Å². The Hall–Kier alpha value is -1.69. The molecule has 2 fully saturated rings. The molecule has 0 bridgehead atoms. The summed E-state index contributed by atoms with van der Waals surface area (Å²) in [7, 11) is 0. The second-order valence-electron chi connectivity index (χ2n) is 5.51. The van der Waals surface area contributed by atoms with E-state index >= 15 is 0 Å². The third-order valence-electron chi connectivity index (χ3n) is 4.43. The molecule has 6 heteroatoms. The third-order valence-corrected chi connectivity index (χ3v) is 4.43.